The summed E-state index contributed by atoms with van der Waals surface area (Å²) in [6.45, 7) is 3.74. The van der Waals surface area contributed by atoms with Crippen molar-refractivity contribution in [3.05, 3.63) is 125 Å². The van der Waals surface area contributed by atoms with Crippen LogP contribution in [0.2, 0.25) is 0 Å². The molecule has 314 valence electrons. The number of urea groups is 1. The molecule has 13 heteroatoms. The SMILES string of the molecule is CCCC[C@]1(CC)CS(=O)(=O)c2ccc(N(C)C)cc2[C@@H](c2cccc(NC(=O)NC3C4OC5OC3C(OCc3ccccc3)C(O5)C4OCc3ccccc3)c2)[C@H]1O. The fourth-order valence-corrected chi connectivity index (χ4v) is 11.6. The molecule has 4 heterocycles. The summed E-state index contributed by atoms with van der Waals surface area (Å²) in [5, 5.41) is 18.6. The molecule has 59 heavy (non-hydrogen) atoms. The quantitative estimate of drug-likeness (QED) is 0.125. The predicted molar refractivity (Wildman–Crippen MR) is 224 cm³/mol. The Balaban J connectivity index is 1.08. The number of rotatable bonds is 14. The largest absolute Gasteiger partial charge is 0.392 e. The van der Waals surface area contributed by atoms with Crippen LogP contribution in [-0.2, 0) is 46.7 Å². The Morgan fingerprint density at radius 3 is 2.05 bits per heavy atom. The van der Waals surface area contributed by atoms with E-state index < -0.39 is 76.3 Å². The van der Waals surface area contributed by atoms with Gasteiger partial charge in [0.15, 0.2) is 9.84 Å². The second kappa shape index (κ2) is 17.3. The first-order valence-corrected chi connectivity index (χ1v) is 22.3. The topological polar surface area (TPSA) is 145 Å². The molecule has 7 atom stereocenters. The standard InChI is InChI=1S/C46H55N3O9S/c1-5-7-23-46(6-2)28-59(52,53)35-22-21-33(49(3)4)25-34(35)36(43(46)50)31-19-14-20-32(24-31)47-44(51)48-37-38-40(54-26-29-15-10-8-11-16-29)42-41(39(37)57-45(56-38)58-42)55-27-30-17-12-9-13-18-30/h8-22,24-25,36-43,45,50H,5-7,23,26-28H2,1-4H3,(H2,47,48,51)/t36-,37?,38?,39?,40?,41?,42?,43-,45?,46-/m1/s1. The molecule has 4 unspecified atom stereocenters. The molecule has 9 rings (SSSR count). The van der Waals surface area contributed by atoms with E-state index in [0.717, 1.165) is 29.7 Å². The Morgan fingerprint density at radius 2 is 1.46 bits per heavy atom. The van der Waals surface area contributed by atoms with Gasteiger partial charge < -0.3 is 44.3 Å². The van der Waals surface area contributed by atoms with E-state index in [2.05, 4.69) is 17.6 Å². The average Bonchev–Trinajstić information content (AvgIpc) is 3.30. The third kappa shape index (κ3) is 8.39. The monoisotopic (exact) mass is 825 g/mol. The maximum atomic E-state index is 14.2. The van der Waals surface area contributed by atoms with Crippen molar-refractivity contribution in [1.29, 1.82) is 0 Å². The van der Waals surface area contributed by atoms with Crippen LogP contribution in [0.5, 0.6) is 0 Å². The second-order valence-corrected chi connectivity index (χ2v) is 18.4. The lowest BCUT2D eigenvalue weighted by molar-refractivity contribution is -0.474. The number of nitrogens with zero attached hydrogens (tertiary/aromatic N) is 1. The van der Waals surface area contributed by atoms with E-state index in [0.29, 0.717) is 42.9 Å². The van der Waals surface area contributed by atoms with E-state index in [1.54, 1.807) is 12.1 Å². The molecule has 3 N–H and O–H groups in total. The molecular formula is C46H55N3O9S. The molecule has 0 aromatic heterocycles. The number of aliphatic hydroxyl groups excluding tert-OH is 1. The number of amides is 2. The van der Waals surface area contributed by atoms with Crippen LogP contribution in [0, 0.1) is 5.41 Å². The minimum atomic E-state index is -3.76. The van der Waals surface area contributed by atoms with Gasteiger partial charge in [-0.2, -0.15) is 0 Å². The number of benzene rings is 4. The third-order valence-corrected chi connectivity index (χ3v) is 14.5. The van der Waals surface area contributed by atoms with Gasteiger partial charge >= 0.3 is 6.03 Å². The highest BCUT2D eigenvalue weighted by Crippen LogP contribution is 2.50. The highest BCUT2D eigenvalue weighted by atomic mass is 32.2. The van der Waals surface area contributed by atoms with Crippen LogP contribution in [0.3, 0.4) is 0 Å². The molecule has 1 aliphatic carbocycles. The zero-order valence-electron chi connectivity index (χ0n) is 34.0. The van der Waals surface area contributed by atoms with Gasteiger partial charge in [-0.1, -0.05) is 99.5 Å². The molecule has 3 saturated heterocycles. The average molecular weight is 826 g/mol. The predicted octanol–water partition coefficient (Wildman–Crippen LogP) is 6.76. The summed E-state index contributed by atoms with van der Waals surface area (Å²) in [7, 11) is 0.0480. The molecule has 12 nitrogen and oxygen atoms in total. The summed E-state index contributed by atoms with van der Waals surface area (Å²) >= 11 is 0. The van der Waals surface area contributed by atoms with Crippen LogP contribution >= 0.6 is 0 Å². The van der Waals surface area contributed by atoms with Gasteiger partial charge in [0.05, 0.1) is 36.0 Å². The van der Waals surface area contributed by atoms with Crippen molar-refractivity contribution in [2.24, 2.45) is 5.41 Å². The van der Waals surface area contributed by atoms with E-state index in [1.807, 2.05) is 117 Å². The maximum Gasteiger partial charge on any atom is 0.319 e. The maximum absolute atomic E-state index is 14.2. The van der Waals surface area contributed by atoms with Gasteiger partial charge in [0.1, 0.15) is 30.5 Å². The number of unbranched alkanes of at least 4 members (excludes halogenated alkanes) is 1. The Kier molecular flexibility index (Phi) is 12.2. The summed E-state index contributed by atoms with van der Waals surface area (Å²) < 4.78 is 60.0. The molecule has 4 aromatic carbocycles. The van der Waals surface area contributed by atoms with Crippen molar-refractivity contribution in [1.82, 2.24) is 5.32 Å². The minimum Gasteiger partial charge on any atom is -0.392 e. The molecule has 2 amide bonds. The van der Waals surface area contributed by atoms with Gasteiger partial charge in [-0.3, -0.25) is 0 Å². The summed E-state index contributed by atoms with van der Waals surface area (Å²) in [6.07, 6.45) is -1.13. The number of ether oxygens (including phenoxy) is 5. The lowest BCUT2D eigenvalue weighted by Gasteiger charge is -2.59. The van der Waals surface area contributed by atoms with Gasteiger partial charge in [0, 0.05) is 36.8 Å². The normalized spacial score (nSPS) is 30.3. The molecule has 4 aromatic rings. The minimum absolute atomic E-state index is 0.143. The summed E-state index contributed by atoms with van der Waals surface area (Å²) in [4.78, 5) is 16.2. The Morgan fingerprint density at radius 1 is 0.831 bits per heavy atom. The Bertz CT molecular complexity index is 2130. The molecular weight excluding hydrogens is 771 g/mol. The molecule has 0 radical (unpaired) electrons. The highest BCUT2D eigenvalue weighted by Gasteiger charge is 2.63. The first-order chi connectivity index (χ1) is 28.5. The summed E-state index contributed by atoms with van der Waals surface area (Å²) in [5.74, 6) is -0.824. The lowest BCUT2D eigenvalue weighted by atomic mass is 9.69. The number of carbonyl (C=O) groups is 1. The van der Waals surface area contributed by atoms with Crippen molar-refractivity contribution in [2.75, 3.05) is 30.1 Å². The van der Waals surface area contributed by atoms with Gasteiger partial charge in [0.2, 0.25) is 0 Å². The zero-order chi connectivity index (χ0) is 41.3. The van der Waals surface area contributed by atoms with E-state index >= 15 is 0 Å². The molecule has 1 saturated carbocycles. The van der Waals surface area contributed by atoms with Crippen molar-refractivity contribution < 1.29 is 42.0 Å². The van der Waals surface area contributed by atoms with Crippen molar-refractivity contribution in [2.45, 2.75) is 113 Å². The fourth-order valence-electron chi connectivity index (χ4n) is 9.33. The molecule has 5 aliphatic rings. The van der Waals surface area contributed by atoms with Crippen LogP contribution in [0.15, 0.2) is 108 Å². The van der Waals surface area contributed by atoms with Crippen LogP contribution in [0.25, 0.3) is 0 Å². The zero-order valence-corrected chi connectivity index (χ0v) is 34.8. The lowest BCUT2D eigenvalue weighted by Crippen LogP contribution is -2.78. The van der Waals surface area contributed by atoms with E-state index in [4.69, 9.17) is 23.7 Å². The Hall–Kier alpha value is -4.34. The van der Waals surface area contributed by atoms with Crippen LogP contribution < -0.4 is 15.5 Å². The summed E-state index contributed by atoms with van der Waals surface area (Å²) in [5.41, 5.74) is 3.64. The highest BCUT2D eigenvalue weighted by molar-refractivity contribution is 7.91. The van der Waals surface area contributed by atoms with Crippen molar-refractivity contribution in [3.8, 4) is 0 Å². The summed E-state index contributed by atoms with van der Waals surface area (Å²) in [6, 6.07) is 31.2. The number of carbonyl (C=O) groups excluding carboxylic acids is 1. The molecule has 4 bridgehead atoms. The van der Waals surface area contributed by atoms with Gasteiger partial charge in [-0.15, -0.1) is 0 Å². The van der Waals surface area contributed by atoms with Gasteiger partial charge in [-0.05, 0) is 65.4 Å². The number of fused-ring (bicyclic) bond motifs is 1. The van der Waals surface area contributed by atoms with E-state index in [1.165, 1.54) is 0 Å². The van der Waals surface area contributed by atoms with Crippen LogP contribution in [-0.4, -0.2) is 88.5 Å². The van der Waals surface area contributed by atoms with Gasteiger partial charge in [-0.25, -0.2) is 13.2 Å². The van der Waals surface area contributed by atoms with Crippen LogP contribution in [0.1, 0.15) is 67.7 Å². The van der Waals surface area contributed by atoms with E-state index in [9.17, 15) is 18.3 Å². The first kappa shape index (κ1) is 41.4. The van der Waals surface area contributed by atoms with Gasteiger partial charge in [0.25, 0.3) is 6.48 Å². The third-order valence-electron chi connectivity index (χ3n) is 12.5. The molecule has 4 fully saturated rings. The number of hydrogen-bond donors (Lipinski definition) is 3. The molecule has 0 spiro atoms. The number of aliphatic hydroxyl groups is 1. The van der Waals surface area contributed by atoms with E-state index in [-0.39, 0.29) is 10.6 Å². The number of hydrogen-bond acceptors (Lipinski definition) is 10. The number of anilines is 2. The van der Waals surface area contributed by atoms with Crippen molar-refractivity contribution in [3.63, 3.8) is 0 Å². The van der Waals surface area contributed by atoms with Crippen molar-refractivity contribution >= 4 is 27.2 Å². The Labute approximate surface area is 347 Å². The molecule has 4 aliphatic heterocycles. The second-order valence-electron chi connectivity index (χ2n) is 16.5. The number of nitrogens with one attached hydrogen (secondary N) is 2. The fraction of sp³-hybridized carbons (Fsp3) is 0.457. The smallest absolute Gasteiger partial charge is 0.319 e. The number of sulfone groups is 1. The van der Waals surface area contributed by atoms with Crippen LogP contribution in [0.4, 0.5) is 16.2 Å². The first-order valence-electron chi connectivity index (χ1n) is 20.7.